The van der Waals surface area contributed by atoms with Crippen LogP contribution >= 0.6 is 11.6 Å². The van der Waals surface area contributed by atoms with Crippen molar-refractivity contribution in [3.8, 4) is 0 Å². The van der Waals surface area contributed by atoms with E-state index in [1.54, 1.807) is 30.5 Å². The Balaban J connectivity index is 1.83. The van der Waals surface area contributed by atoms with E-state index >= 15 is 0 Å². The molecule has 6 heteroatoms. The van der Waals surface area contributed by atoms with Crippen LogP contribution in [-0.2, 0) is 18.3 Å². The number of halogens is 2. The summed E-state index contributed by atoms with van der Waals surface area (Å²) in [6.07, 6.45) is 3.58. The largest absolute Gasteiger partial charge is 0.342 e. The monoisotopic (exact) mass is 357 g/mol. The van der Waals surface area contributed by atoms with Crippen molar-refractivity contribution < 1.29 is 9.18 Å². The molecule has 1 atom stereocenters. The van der Waals surface area contributed by atoms with Crippen molar-refractivity contribution in [2.75, 3.05) is 0 Å². The molecule has 1 N–H and O–H groups in total. The Morgan fingerprint density at radius 2 is 2.04 bits per heavy atom. The number of carbonyl (C=O) groups excluding carboxylic acids is 1. The van der Waals surface area contributed by atoms with Crippen LogP contribution in [0.2, 0.25) is 5.02 Å². The van der Waals surface area contributed by atoms with E-state index in [0.29, 0.717) is 16.4 Å². The molecule has 3 rings (SSSR count). The maximum absolute atomic E-state index is 13.3. The molecule has 1 aromatic heterocycles. The summed E-state index contributed by atoms with van der Waals surface area (Å²) in [5.74, 6) is 0.132. The molecule has 0 spiro atoms. The highest BCUT2D eigenvalue weighted by molar-refractivity contribution is 6.30. The van der Waals surface area contributed by atoms with Gasteiger partial charge in [0.15, 0.2) is 0 Å². The first-order chi connectivity index (χ1) is 12.0. The molecule has 1 unspecified atom stereocenters. The van der Waals surface area contributed by atoms with E-state index in [2.05, 4.69) is 10.3 Å². The van der Waals surface area contributed by atoms with Gasteiger partial charge in [-0.2, -0.15) is 0 Å². The number of hydrogen-bond donors (Lipinski definition) is 1. The first-order valence-corrected chi connectivity index (χ1v) is 8.17. The third kappa shape index (κ3) is 4.25. The zero-order valence-corrected chi connectivity index (χ0v) is 14.4. The molecule has 0 bridgehead atoms. The lowest BCUT2D eigenvalue weighted by molar-refractivity contribution is -0.121. The van der Waals surface area contributed by atoms with Gasteiger partial charge in [0.25, 0.3) is 0 Å². The summed E-state index contributed by atoms with van der Waals surface area (Å²) in [4.78, 5) is 16.8. The third-order valence-corrected chi connectivity index (χ3v) is 4.13. The zero-order valence-electron chi connectivity index (χ0n) is 13.6. The molecule has 0 aliphatic heterocycles. The standard InChI is InChI=1S/C19H17ClFN3O/c1-24-10-9-22-19(24)18(14-5-7-15(20)8-6-14)23-17(25)12-13-3-2-4-16(21)11-13/h2-11,18H,12H2,1H3,(H,23,25). The second-order valence-electron chi connectivity index (χ2n) is 5.76. The number of benzene rings is 2. The number of hydrogen-bond acceptors (Lipinski definition) is 2. The summed E-state index contributed by atoms with van der Waals surface area (Å²) >= 11 is 5.96. The van der Waals surface area contributed by atoms with E-state index in [4.69, 9.17) is 11.6 Å². The van der Waals surface area contributed by atoms with Gasteiger partial charge in [0.2, 0.25) is 5.91 Å². The lowest BCUT2D eigenvalue weighted by Gasteiger charge is -2.19. The third-order valence-electron chi connectivity index (χ3n) is 3.88. The second-order valence-corrected chi connectivity index (χ2v) is 6.19. The average Bonchev–Trinajstić information content (AvgIpc) is 2.99. The molecule has 0 aliphatic rings. The molecule has 0 saturated heterocycles. The Kier molecular flexibility index (Phi) is 5.14. The van der Waals surface area contributed by atoms with E-state index in [0.717, 1.165) is 5.56 Å². The molecule has 1 heterocycles. The van der Waals surface area contributed by atoms with Crippen LogP contribution in [0, 0.1) is 5.82 Å². The molecule has 3 aromatic rings. The first kappa shape index (κ1) is 17.2. The molecule has 128 valence electrons. The van der Waals surface area contributed by atoms with Gasteiger partial charge < -0.3 is 9.88 Å². The van der Waals surface area contributed by atoms with Gasteiger partial charge in [-0.15, -0.1) is 0 Å². The highest BCUT2D eigenvalue weighted by Crippen LogP contribution is 2.22. The molecular weight excluding hydrogens is 341 g/mol. The minimum atomic E-state index is -0.418. The van der Waals surface area contributed by atoms with Crippen LogP contribution in [0.5, 0.6) is 0 Å². The SMILES string of the molecule is Cn1ccnc1C(NC(=O)Cc1cccc(F)c1)c1ccc(Cl)cc1. The molecule has 0 aliphatic carbocycles. The van der Waals surface area contributed by atoms with Crippen molar-refractivity contribution in [1.29, 1.82) is 0 Å². The Hall–Kier alpha value is -2.66. The number of amides is 1. The summed E-state index contributed by atoms with van der Waals surface area (Å²) in [7, 11) is 1.87. The fraction of sp³-hybridized carbons (Fsp3) is 0.158. The number of nitrogens with one attached hydrogen (secondary N) is 1. The number of rotatable bonds is 5. The van der Waals surface area contributed by atoms with Gasteiger partial charge in [0.05, 0.1) is 6.42 Å². The maximum Gasteiger partial charge on any atom is 0.225 e. The van der Waals surface area contributed by atoms with Crippen molar-refractivity contribution in [3.05, 3.63) is 88.7 Å². The fourth-order valence-electron chi connectivity index (χ4n) is 2.65. The fourth-order valence-corrected chi connectivity index (χ4v) is 2.78. The second kappa shape index (κ2) is 7.49. The predicted molar refractivity (Wildman–Crippen MR) is 94.7 cm³/mol. The molecule has 2 aromatic carbocycles. The molecule has 0 saturated carbocycles. The quantitative estimate of drug-likeness (QED) is 0.757. The Labute approximate surface area is 150 Å². The van der Waals surface area contributed by atoms with Gasteiger partial charge in [-0.3, -0.25) is 4.79 Å². The van der Waals surface area contributed by atoms with Gasteiger partial charge in [0.1, 0.15) is 17.7 Å². The molecule has 0 radical (unpaired) electrons. The molecule has 25 heavy (non-hydrogen) atoms. The Morgan fingerprint density at radius 1 is 1.28 bits per heavy atom. The van der Waals surface area contributed by atoms with Crippen LogP contribution in [0.3, 0.4) is 0 Å². The van der Waals surface area contributed by atoms with E-state index in [-0.39, 0.29) is 18.1 Å². The zero-order chi connectivity index (χ0) is 17.8. The van der Waals surface area contributed by atoms with Crippen molar-refractivity contribution in [2.24, 2.45) is 7.05 Å². The normalized spacial score (nSPS) is 12.0. The molecule has 1 amide bonds. The summed E-state index contributed by atoms with van der Waals surface area (Å²) in [6, 6.07) is 12.8. The smallest absolute Gasteiger partial charge is 0.225 e. The lowest BCUT2D eigenvalue weighted by Crippen LogP contribution is -2.32. The summed E-state index contributed by atoms with van der Waals surface area (Å²) in [5, 5.41) is 3.60. The van der Waals surface area contributed by atoms with Crippen LogP contribution < -0.4 is 5.32 Å². The Morgan fingerprint density at radius 3 is 2.68 bits per heavy atom. The Bertz CT molecular complexity index is 876. The van der Waals surface area contributed by atoms with Crippen molar-refractivity contribution >= 4 is 17.5 Å². The van der Waals surface area contributed by atoms with Crippen LogP contribution in [-0.4, -0.2) is 15.5 Å². The van der Waals surface area contributed by atoms with Crippen LogP contribution in [0.1, 0.15) is 23.0 Å². The van der Waals surface area contributed by atoms with Crippen LogP contribution in [0.15, 0.2) is 60.9 Å². The van der Waals surface area contributed by atoms with Crippen LogP contribution in [0.25, 0.3) is 0 Å². The number of aromatic nitrogens is 2. The molecule has 0 fully saturated rings. The highest BCUT2D eigenvalue weighted by Gasteiger charge is 2.20. The van der Waals surface area contributed by atoms with Crippen molar-refractivity contribution in [3.63, 3.8) is 0 Å². The average molecular weight is 358 g/mol. The van der Waals surface area contributed by atoms with E-state index < -0.39 is 6.04 Å². The number of aryl methyl sites for hydroxylation is 1. The number of carbonyl (C=O) groups is 1. The van der Waals surface area contributed by atoms with E-state index in [1.165, 1.54) is 12.1 Å². The predicted octanol–water partition coefficient (Wildman–Crippen LogP) is 3.66. The summed E-state index contributed by atoms with van der Waals surface area (Å²) < 4.78 is 15.2. The molecular formula is C19H17ClFN3O. The van der Waals surface area contributed by atoms with Gasteiger partial charge in [0, 0.05) is 24.5 Å². The summed E-state index contributed by atoms with van der Waals surface area (Å²) in [6.45, 7) is 0. The minimum absolute atomic E-state index is 0.0896. The van der Waals surface area contributed by atoms with Crippen molar-refractivity contribution in [1.82, 2.24) is 14.9 Å². The van der Waals surface area contributed by atoms with Gasteiger partial charge >= 0.3 is 0 Å². The van der Waals surface area contributed by atoms with E-state index in [9.17, 15) is 9.18 Å². The lowest BCUT2D eigenvalue weighted by atomic mass is 10.1. The number of imidazole rings is 1. The first-order valence-electron chi connectivity index (χ1n) is 7.79. The minimum Gasteiger partial charge on any atom is -0.342 e. The summed E-state index contributed by atoms with van der Waals surface area (Å²) in [5.41, 5.74) is 1.48. The van der Waals surface area contributed by atoms with Gasteiger partial charge in [-0.05, 0) is 35.4 Å². The highest BCUT2D eigenvalue weighted by atomic mass is 35.5. The maximum atomic E-state index is 13.3. The van der Waals surface area contributed by atoms with Crippen LogP contribution in [0.4, 0.5) is 4.39 Å². The topological polar surface area (TPSA) is 46.9 Å². The molecule has 4 nitrogen and oxygen atoms in total. The van der Waals surface area contributed by atoms with Gasteiger partial charge in [-0.25, -0.2) is 9.37 Å². The van der Waals surface area contributed by atoms with Crippen molar-refractivity contribution in [2.45, 2.75) is 12.5 Å². The van der Waals surface area contributed by atoms with E-state index in [1.807, 2.05) is 29.9 Å². The number of nitrogens with zero attached hydrogens (tertiary/aromatic N) is 2. The van der Waals surface area contributed by atoms with Gasteiger partial charge in [-0.1, -0.05) is 35.9 Å².